The number of hydrogen-bond donors (Lipinski definition) is 2. The molecule has 23 heavy (non-hydrogen) atoms. The van der Waals surface area contributed by atoms with Gasteiger partial charge in [0.1, 0.15) is 5.82 Å². The fourth-order valence-corrected chi connectivity index (χ4v) is 2.59. The standard InChI is InChI=1S/C15H16FN5O2/c1-9-8-21(20-19-9)5-4-17-15(23)12-7-14(22)18-13-3-2-10(16)6-11(12)13/h2-3,6,8,12H,4-5,7H2,1H3,(H,17,23)(H,18,22)/t12-/m1/s1. The van der Waals surface area contributed by atoms with Gasteiger partial charge in [0.2, 0.25) is 11.8 Å². The minimum Gasteiger partial charge on any atom is -0.354 e. The number of halogens is 1. The van der Waals surface area contributed by atoms with Crippen LogP contribution < -0.4 is 10.6 Å². The number of aromatic nitrogens is 3. The first kappa shape index (κ1) is 15.1. The number of benzene rings is 1. The van der Waals surface area contributed by atoms with Gasteiger partial charge in [0.05, 0.1) is 18.2 Å². The highest BCUT2D eigenvalue weighted by Gasteiger charge is 2.30. The van der Waals surface area contributed by atoms with Crippen LogP contribution in [0, 0.1) is 12.7 Å². The first-order valence-electron chi connectivity index (χ1n) is 7.26. The first-order chi connectivity index (χ1) is 11.0. The van der Waals surface area contributed by atoms with E-state index >= 15 is 0 Å². The van der Waals surface area contributed by atoms with E-state index in [1.807, 2.05) is 6.92 Å². The molecule has 0 saturated carbocycles. The average molecular weight is 317 g/mol. The van der Waals surface area contributed by atoms with Crippen molar-refractivity contribution in [2.75, 3.05) is 11.9 Å². The van der Waals surface area contributed by atoms with Gasteiger partial charge in [-0.3, -0.25) is 14.3 Å². The summed E-state index contributed by atoms with van der Waals surface area (Å²) in [6.07, 6.45) is 1.77. The Bertz CT molecular complexity index is 758. The zero-order valence-electron chi connectivity index (χ0n) is 12.5. The molecule has 0 fully saturated rings. The van der Waals surface area contributed by atoms with Gasteiger partial charge in [-0.1, -0.05) is 5.21 Å². The Labute approximate surface area is 131 Å². The molecule has 2 heterocycles. The van der Waals surface area contributed by atoms with Gasteiger partial charge in [0.15, 0.2) is 0 Å². The molecule has 2 aromatic rings. The third-order valence-corrected chi connectivity index (χ3v) is 3.66. The van der Waals surface area contributed by atoms with Crippen molar-refractivity contribution in [1.29, 1.82) is 0 Å². The number of carbonyl (C=O) groups is 2. The normalized spacial score (nSPS) is 16.6. The average Bonchev–Trinajstić information content (AvgIpc) is 2.92. The summed E-state index contributed by atoms with van der Waals surface area (Å²) in [5.41, 5.74) is 1.78. The van der Waals surface area contributed by atoms with E-state index < -0.39 is 11.7 Å². The SMILES string of the molecule is Cc1cn(CCNC(=O)[C@@H]2CC(=O)Nc3ccc(F)cc32)nn1. The lowest BCUT2D eigenvalue weighted by atomic mass is 9.89. The van der Waals surface area contributed by atoms with E-state index in [1.54, 1.807) is 10.9 Å². The maximum Gasteiger partial charge on any atom is 0.228 e. The molecule has 8 heteroatoms. The van der Waals surface area contributed by atoms with Crippen LogP contribution in [0.3, 0.4) is 0 Å². The van der Waals surface area contributed by atoms with Crippen LogP contribution in [0.1, 0.15) is 23.6 Å². The second-order valence-corrected chi connectivity index (χ2v) is 5.45. The van der Waals surface area contributed by atoms with E-state index in [9.17, 15) is 14.0 Å². The number of nitrogens with one attached hydrogen (secondary N) is 2. The second-order valence-electron chi connectivity index (χ2n) is 5.45. The molecule has 1 aromatic carbocycles. The molecule has 7 nitrogen and oxygen atoms in total. The first-order valence-corrected chi connectivity index (χ1v) is 7.26. The van der Waals surface area contributed by atoms with E-state index in [1.165, 1.54) is 18.2 Å². The van der Waals surface area contributed by atoms with E-state index in [0.717, 1.165) is 5.69 Å². The second kappa shape index (κ2) is 6.15. The van der Waals surface area contributed by atoms with Gasteiger partial charge in [-0.2, -0.15) is 0 Å². The smallest absolute Gasteiger partial charge is 0.228 e. The van der Waals surface area contributed by atoms with Crippen molar-refractivity contribution in [3.05, 3.63) is 41.5 Å². The predicted octanol–water partition coefficient (Wildman–Crippen LogP) is 0.968. The summed E-state index contributed by atoms with van der Waals surface area (Å²) in [4.78, 5) is 24.1. The van der Waals surface area contributed by atoms with E-state index in [4.69, 9.17) is 0 Å². The van der Waals surface area contributed by atoms with Gasteiger partial charge in [-0.05, 0) is 30.7 Å². The zero-order chi connectivity index (χ0) is 16.4. The number of hydrogen-bond acceptors (Lipinski definition) is 4. The Balaban J connectivity index is 1.67. The summed E-state index contributed by atoms with van der Waals surface area (Å²) in [5.74, 6) is -1.68. The quantitative estimate of drug-likeness (QED) is 0.879. The maximum atomic E-state index is 13.4. The third-order valence-electron chi connectivity index (χ3n) is 3.66. The number of amides is 2. The van der Waals surface area contributed by atoms with Crippen molar-refractivity contribution in [3.63, 3.8) is 0 Å². The van der Waals surface area contributed by atoms with Gasteiger partial charge < -0.3 is 10.6 Å². The largest absolute Gasteiger partial charge is 0.354 e. The van der Waals surface area contributed by atoms with Crippen molar-refractivity contribution in [1.82, 2.24) is 20.3 Å². The molecule has 0 aliphatic carbocycles. The fraction of sp³-hybridized carbons (Fsp3) is 0.333. The van der Waals surface area contributed by atoms with Crippen LogP contribution in [-0.4, -0.2) is 33.4 Å². The highest BCUT2D eigenvalue weighted by Crippen LogP contribution is 2.32. The zero-order valence-corrected chi connectivity index (χ0v) is 12.5. The number of carbonyl (C=O) groups excluding carboxylic acids is 2. The van der Waals surface area contributed by atoms with Gasteiger partial charge >= 0.3 is 0 Å². The molecule has 0 unspecified atom stereocenters. The summed E-state index contributed by atoms with van der Waals surface area (Å²) in [6.45, 7) is 2.65. The Morgan fingerprint density at radius 2 is 2.35 bits per heavy atom. The molecule has 120 valence electrons. The summed E-state index contributed by atoms with van der Waals surface area (Å²) < 4.78 is 15.1. The van der Waals surface area contributed by atoms with Crippen LogP contribution in [0.2, 0.25) is 0 Å². The monoisotopic (exact) mass is 317 g/mol. The summed E-state index contributed by atoms with van der Waals surface area (Å²) >= 11 is 0. The van der Waals surface area contributed by atoms with Crippen LogP contribution in [-0.2, 0) is 16.1 Å². The summed E-state index contributed by atoms with van der Waals surface area (Å²) in [7, 11) is 0. The lowest BCUT2D eigenvalue weighted by molar-refractivity contribution is -0.126. The molecule has 0 spiro atoms. The van der Waals surface area contributed by atoms with Gasteiger partial charge in [0.25, 0.3) is 0 Å². The Morgan fingerprint density at radius 1 is 1.52 bits per heavy atom. The molecule has 0 bridgehead atoms. The molecule has 1 aromatic heterocycles. The van der Waals surface area contributed by atoms with Crippen molar-refractivity contribution < 1.29 is 14.0 Å². The number of rotatable bonds is 4. The molecule has 2 amide bonds. The van der Waals surface area contributed by atoms with Crippen LogP contribution in [0.4, 0.5) is 10.1 Å². The van der Waals surface area contributed by atoms with E-state index in [-0.39, 0.29) is 18.2 Å². The Hall–Kier alpha value is -2.77. The molecule has 2 N–H and O–H groups in total. The molecule has 1 aliphatic heterocycles. The van der Waals surface area contributed by atoms with Crippen LogP contribution >= 0.6 is 0 Å². The highest BCUT2D eigenvalue weighted by molar-refractivity contribution is 6.01. The molecule has 1 aliphatic rings. The van der Waals surface area contributed by atoms with Crippen LogP contribution in [0.25, 0.3) is 0 Å². The topological polar surface area (TPSA) is 88.9 Å². The lowest BCUT2D eigenvalue weighted by Crippen LogP contribution is -2.36. The number of anilines is 1. The highest BCUT2D eigenvalue weighted by atomic mass is 19.1. The van der Waals surface area contributed by atoms with Crippen LogP contribution in [0.5, 0.6) is 0 Å². The van der Waals surface area contributed by atoms with Crippen molar-refractivity contribution in [2.45, 2.75) is 25.8 Å². The number of nitrogens with zero attached hydrogens (tertiary/aromatic N) is 3. The lowest BCUT2D eigenvalue weighted by Gasteiger charge is -2.24. The minimum atomic E-state index is -0.688. The van der Waals surface area contributed by atoms with Crippen molar-refractivity contribution in [2.24, 2.45) is 0 Å². The third kappa shape index (κ3) is 3.36. The van der Waals surface area contributed by atoms with Crippen LogP contribution in [0.15, 0.2) is 24.4 Å². The molecule has 1 atom stereocenters. The summed E-state index contributed by atoms with van der Waals surface area (Å²) in [5, 5.41) is 13.2. The minimum absolute atomic E-state index is 0.00468. The molecular formula is C15H16FN5O2. The summed E-state index contributed by atoms with van der Waals surface area (Å²) in [6, 6.07) is 4.02. The number of aryl methyl sites for hydroxylation is 1. The van der Waals surface area contributed by atoms with Gasteiger partial charge in [0, 0.05) is 24.8 Å². The fourth-order valence-electron chi connectivity index (χ4n) is 2.59. The van der Waals surface area contributed by atoms with Gasteiger partial charge in [-0.25, -0.2) is 4.39 Å². The maximum absolute atomic E-state index is 13.4. The van der Waals surface area contributed by atoms with Crippen molar-refractivity contribution >= 4 is 17.5 Å². The molecule has 3 rings (SSSR count). The number of fused-ring (bicyclic) bond motifs is 1. The Kier molecular flexibility index (Phi) is 4.05. The van der Waals surface area contributed by atoms with Gasteiger partial charge in [-0.15, -0.1) is 5.10 Å². The molecule has 0 saturated heterocycles. The van der Waals surface area contributed by atoms with E-state index in [2.05, 4.69) is 20.9 Å². The molecule has 0 radical (unpaired) electrons. The van der Waals surface area contributed by atoms with E-state index in [0.29, 0.717) is 24.3 Å². The van der Waals surface area contributed by atoms with Crippen molar-refractivity contribution in [3.8, 4) is 0 Å². The Morgan fingerprint density at radius 3 is 3.09 bits per heavy atom. The predicted molar refractivity (Wildman–Crippen MR) is 80.2 cm³/mol. The molecular weight excluding hydrogens is 301 g/mol.